The molecule has 0 bridgehead atoms. The van der Waals surface area contributed by atoms with Gasteiger partial charge in [-0.3, -0.25) is 23.2 Å². The molecule has 0 aliphatic carbocycles. The molecule has 0 radical (unpaired) electrons. The molecule has 1 heterocycles. The molecule has 0 saturated carbocycles. The normalized spacial score (nSPS) is 17.7. The molecule has 356 valence electrons. The molecule has 4 N–H and O–H groups in total. The lowest BCUT2D eigenvalue weighted by Crippen LogP contribution is -2.30. The summed E-state index contributed by atoms with van der Waals surface area (Å²) in [6, 6.07) is 0. The van der Waals surface area contributed by atoms with Gasteiger partial charge in [0.05, 0.1) is 32.0 Å². The van der Waals surface area contributed by atoms with Crippen molar-refractivity contribution >= 4 is 27.6 Å². The quantitative estimate of drug-likeness (QED) is 0.0148. The van der Waals surface area contributed by atoms with E-state index >= 15 is 0 Å². The molecule has 1 rings (SSSR count). The number of aliphatic hydroxyl groups is 1. The second-order valence-corrected chi connectivity index (χ2v) is 19.2. The van der Waals surface area contributed by atoms with Gasteiger partial charge in [0.1, 0.15) is 12.7 Å². The Morgan fingerprint density at radius 2 is 1.16 bits per heavy atom. The van der Waals surface area contributed by atoms with E-state index in [-0.39, 0.29) is 25.0 Å². The van der Waals surface area contributed by atoms with E-state index in [1.807, 2.05) is 0 Å². The van der Waals surface area contributed by atoms with Crippen LogP contribution in [0, 0.1) is 5.92 Å². The maximum atomic E-state index is 12.7. The van der Waals surface area contributed by atoms with Crippen molar-refractivity contribution < 1.29 is 66.3 Å². The Balaban J connectivity index is 2.38. The SMILES string of the molecule is CCCCC/C=C\C/C=C\C/C=C\CC1OC1CCCC(=O)OC[C@H](COP(=O)(O)OC[C@@H](O)COP(=O)(O)O)OC(=O)CCCCCCCCCCCCCCCC(C)C. The molecule has 0 spiro atoms. The van der Waals surface area contributed by atoms with Gasteiger partial charge in [0.15, 0.2) is 6.10 Å². The molecule has 0 amide bonds. The molecule has 0 aromatic rings. The number of hydrogen-bond donors (Lipinski definition) is 4. The average molecular weight is 909 g/mol. The zero-order valence-corrected chi connectivity index (χ0v) is 39.4. The molecule has 3 unspecified atom stereocenters. The van der Waals surface area contributed by atoms with Crippen LogP contribution in [-0.4, -0.2) is 82.6 Å². The predicted molar refractivity (Wildman–Crippen MR) is 239 cm³/mol. The molecular formula is C45H82O14P2. The maximum absolute atomic E-state index is 12.7. The van der Waals surface area contributed by atoms with E-state index in [0.29, 0.717) is 19.3 Å². The lowest BCUT2D eigenvalue weighted by molar-refractivity contribution is -0.161. The number of allylic oxidation sites excluding steroid dienone is 5. The van der Waals surface area contributed by atoms with Crippen molar-refractivity contribution in [2.75, 3.05) is 26.4 Å². The van der Waals surface area contributed by atoms with E-state index in [1.165, 1.54) is 83.5 Å². The second-order valence-electron chi connectivity index (χ2n) is 16.5. The van der Waals surface area contributed by atoms with E-state index < -0.39 is 66.2 Å². The highest BCUT2D eigenvalue weighted by molar-refractivity contribution is 7.47. The van der Waals surface area contributed by atoms with Crippen LogP contribution in [0.15, 0.2) is 36.5 Å². The molecule has 5 atom stereocenters. The van der Waals surface area contributed by atoms with Gasteiger partial charge in [-0.25, -0.2) is 9.13 Å². The smallest absolute Gasteiger partial charge is 0.462 e. The molecule has 0 aromatic carbocycles. The number of rotatable bonds is 42. The van der Waals surface area contributed by atoms with Crippen LogP contribution < -0.4 is 0 Å². The second kappa shape index (κ2) is 36.6. The van der Waals surface area contributed by atoms with Crippen molar-refractivity contribution in [2.45, 2.75) is 206 Å². The van der Waals surface area contributed by atoms with Crippen LogP contribution in [0.2, 0.25) is 0 Å². The fourth-order valence-corrected chi connectivity index (χ4v) is 7.66. The van der Waals surface area contributed by atoms with Crippen LogP contribution in [-0.2, 0) is 46.5 Å². The van der Waals surface area contributed by atoms with Gasteiger partial charge < -0.3 is 34.0 Å². The van der Waals surface area contributed by atoms with E-state index in [2.05, 4.69) is 61.8 Å². The summed E-state index contributed by atoms with van der Waals surface area (Å²) in [5.74, 6) is -0.306. The lowest BCUT2D eigenvalue weighted by atomic mass is 10.0. The third kappa shape index (κ3) is 38.5. The number of aliphatic hydroxyl groups excluding tert-OH is 1. The Kier molecular flexibility index (Phi) is 34.4. The zero-order chi connectivity index (χ0) is 45.0. The Morgan fingerprint density at radius 3 is 1.77 bits per heavy atom. The van der Waals surface area contributed by atoms with Gasteiger partial charge in [-0.1, -0.05) is 154 Å². The van der Waals surface area contributed by atoms with Crippen molar-refractivity contribution in [1.82, 2.24) is 0 Å². The summed E-state index contributed by atoms with van der Waals surface area (Å²) < 4.78 is 53.6. The van der Waals surface area contributed by atoms with Crippen LogP contribution in [0.4, 0.5) is 0 Å². The maximum Gasteiger partial charge on any atom is 0.472 e. The van der Waals surface area contributed by atoms with Gasteiger partial charge in [-0.15, -0.1) is 0 Å². The first kappa shape index (κ1) is 57.3. The van der Waals surface area contributed by atoms with Gasteiger partial charge >= 0.3 is 27.6 Å². The van der Waals surface area contributed by atoms with Crippen molar-refractivity contribution in [2.24, 2.45) is 5.92 Å². The molecule has 1 aliphatic heterocycles. The van der Waals surface area contributed by atoms with Gasteiger partial charge in [0.2, 0.25) is 0 Å². The molecule has 14 nitrogen and oxygen atoms in total. The Morgan fingerprint density at radius 1 is 0.623 bits per heavy atom. The van der Waals surface area contributed by atoms with Crippen LogP contribution in [0.1, 0.15) is 181 Å². The van der Waals surface area contributed by atoms with Crippen molar-refractivity contribution in [1.29, 1.82) is 0 Å². The number of phosphoric acid groups is 2. The summed E-state index contributed by atoms with van der Waals surface area (Å²) in [7, 11) is -9.70. The minimum atomic E-state index is -4.87. The van der Waals surface area contributed by atoms with Crippen LogP contribution in [0.25, 0.3) is 0 Å². The van der Waals surface area contributed by atoms with E-state index in [4.69, 9.17) is 33.0 Å². The van der Waals surface area contributed by atoms with Gasteiger partial charge in [-0.2, -0.15) is 0 Å². The van der Waals surface area contributed by atoms with Gasteiger partial charge in [-0.05, 0) is 57.3 Å². The van der Waals surface area contributed by atoms with E-state index in [1.54, 1.807) is 0 Å². The number of carbonyl (C=O) groups excluding carboxylic acids is 2. The fourth-order valence-electron chi connectivity index (χ4n) is 6.50. The number of hydrogen-bond acceptors (Lipinski definition) is 11. The van der Waals surface area contributed by atoms with Crippen LogP contribution in [0.5, 0.6) is 0 Å². The molecule has 16 heteroatoms. The van der Waals surface area contributed by atoms with Crippen molar-refractivity contribution in [3.05, 3.63) is 36.5 Å². The third-order valence-corrected chi connectivity index (χ3v) is 11.6. The van der Waals surface area contributed by atoms with Crippen LogP contribution >= 0.6 is 15.6 Å². The molecular weight excluding hydrogens is 826 g/mol. The Bertz CT molecular complexity index is 1300. The topological polar surface area (TPSA) is 208 Å². The van der Waals surface area contributed by atoms with Gasteiger partial charge in [0, 0.05) is 12.8 Å². The highest BCUT2D eigenvalue weighted by atomic mass is 31.2. The molecule has 1 fully saturated rings. The Labute approximate surface area is 367 Å². The Hall–Kier alpha value is -1.70. The number of ether oxygens (including phenoxy) is 3. The summed E-state index contributed by atoms with van der Waals surface area (Å²) in [6.07, 6.45) is 35.8. The summed E-state index contributed by atoms with van der Waals surface area (Å²) in [4.78, 5) is 52.9. The van der Waals surface area contributed by atoms with E-state index in [9.17, 15) is 28.7 Å². The highest BCUT2D eigenvalue weighted by Gasteiger charge is 2.36. The molecule has 61 heavy (non-hydrogen) atoms. The first-order valence-corrected chi connectivity index (χ1v) is 26.2. The third-order valence-electron chi connectivity index (χ3n) is 10.1. The standard InChI is InChI=1S/C45H82O14P2/c1-4-5-6-7-8-9-10-15-18-21-24-27-31-42-43(59-42)32-29-34-44(47)54-37-41(38-57-61(52,53)56-36-40(46)35-55-60(49,50)51)58-45(48)33-28-25-22-19-16-13-11-12-14-17-20-23-26-30-39(2)3/h8-9,15,18,24,27,39-43,46H,4-7,10-14,16-17,19-23,25-26,28-38H2,1-3H3,(H,52,53)(H2,49,50,51)/b9-8-,18-15-,27-24-/t40-,41+,42?,43?/m0/s1. The molecule has 0 aromatic heterocycles. The van der Waals surface area contributed by atoms with Crippen molar-refractivity contribution in [3.63, 3.8) is 0 Å². The van der Waals surface area contributed by atoms with Crippen LogP contribution in [0.3, 0.4) is 0 Å². The summed E-state index contributed by atoms with van der Waals surface area (Å²) in [5, 5.41) is 9.77. The number of phosphoric ester groups is 2. The minimum Gasteiger partial charge on any atom is -0.462 e. The lowest BCUT2D eigenvalue weighted by Gasteiger charge is -2.20. The van der Waals surface area contributed by atoms with Crippen molar-refractivity contribution in [3.8, 4) is 0 Å². The number of carbonyl (C=O) groups is 2. The summed E-state index contributed by atoms with van der Waals surface area (Å²) in [6.45, 7) is 3.99. The number of epoxide rings is 1. The van der Waals surface area contributed by atoms with Gasteiger partial charge in [0.25, 0.3) is 0 Å². The number of esters is 2. The zero-order valence-electron chi connectivity index (χ0n) is 37.6. The van der Waals surface area contributed by atoms with E-state index in [0.717, 1.165) is 50.9 Å². The highest BCUT2D eigenvalue weighted by Crippen LogP contribution is 2.44. The largest absolute Gasteiger partial charge is 0.472 e. The fraction of sp³-hybridized carbons (Fsp3) is 0.822. The first-order chi connectivity index (χ1) is 29.2. The summed E-state index contributed by atoms with van der Waals surface area (Å²) >= 11 is 0. The average Bonchev–Trinajstić information content (AvgIpc) is 3.96. The predicted octanol–water partition coefficient (Wildman–Crippen LogP) is 10.9. The monoisotopic (exact) mass is 909 g/mol. The molecule has 1 aliphatic rings. The molecule has 1 saturated heterocycles. The first-order valence-electron chi connectivity index (χ1n) is 23.2. The number of unbranched alkanes of at least 4 members (excludes halogenated alkanes) is 15. The minimum absolute atomic E-state index is 0.0810. The summed E-state index contributed by atoms with van der Waals surface area (Å²) in [5.41, 5.74) is 0.